The number of aryl methyl sites for hydroxylation is 1. The normalized spacial score (nSPS) is 10.1. The molecule has 88 valence electrons. The average molecular weight is 224 g/mol. The molecule has 0 unspecified atom stereocenters. The number of aromatic amines is 1. The van der Waals surface area contributed by atoms with Gasteiger partial charge in [-0.25, -0.2) is 4.98 Å². The fraction of sp³-hybridized carbons (Fsp3) is 0.500. The van der Waals surface area contributed by atoms with E-state index in [2.05, 4.69) is 27.1 Å². The molecule has 0 radical (unpaired) electrons. The zero-order valence-electron chi connectivity index (χ0n) is 9.32. The van der Waals surface area contributed by atoms with E-state index in [0.717, 1.165) is 6.42 Å². The Balaban J connectivity index is 2.13. The van der Waals surface area contributed by atoms with E-state index < -0.39 is 0 Å². The number of hydrogen-bond donors (Lipinski definition) is 2. The molecule has 1 aromatic rings. The fourth-order valence-corrected chi connectivity index (χ4v) is 1.03. The molecule has 0 bridgehead atoms. The lowest BCUT2D eigenvalue weighted by molar-refractivity contribution is 0.0908. The number of ether oxygens (including phenoxy) is 1. The summed E-state index contributed by atoms with van der Waals surface area (Å²) in [5.74, 6) is 0.479. The number of H-pyrrole nitrogens is 1. The van der Waals surface area contributed by atoms with Crippen molar-refractivity contribution in [3.8, 4) is 0 Å². The average Bonchev–Trinajstić information content (AvgIpc) is 2.70. The van der Waals surface area contributed by atoms with Gasteiger partial charge in [-0.2, -0.15) is 0 Å². The van der Waals surface area contributed by atoms with Crippen LogP contribution in [0.3, 0.4) is 0 Å². The molecule has 0 aliphatic rings. The minimum absolute atomic E-state index is 0.156. The third kappa shape index (κ3) is 4.22. The van der Waals surface area contributed by atoms with Crippen LogP contribution in [0.5, 0.6) is 0 Å². The smallest absolute Gasteiger partial charge is 0.291 e. The summed E-state index contributed by atoms with van der Waals surface area (Å²) in [5.41, 5.74) is 0. The summed E-state index contributed by atoms with van der Waals surface area (Å²) in [4.78, 5) is 15.3. The second-order valence-corrected chi connectivity index (χ2v) is 3.19. The van der Waals surface area contributed by atoms with E-state index in [9.17, 15) is 4.79 Å². The highest BCUT2D eigenvalue weighted by Crippen LogP contribution is 1.90. The third-order valence-corrected chi connectivity index (χ3v) is 1.80. The lowest BCUT2D eigenvalue weighted by Gasteiger charge is -2.03. The molecule has 0 aliphatic heterocycles. The zero-order chi connectivity index (χ0) is 11.8. The van der Waals surface area contributed by atoms with Crippen LogP contribution in [0.1, 0.15) is 22.9 Å². The number of hydrogen-bond acceptors (Lipinski definition) is 4. The maximum Gasteiger partial charge on any atom is 0.291 e. The molecule has 1 aromatic heterocycles. The first kappa shape index (κ1) is 12.4. The number of amides is 1. The monoisotopic (exact) mass is 224 g/mol. The van der Waals surface area contributed by atoms with E-state index in [4.69, 9.17) is 4.74 Å². The topological polar surface area (TPSA) is 79.9 Å². The Morgan fingerprint density at radius 2 is 2.44 bits per heavy atom. The van der Waals surface area contributed by atoms with Gasteiger partial charge in [0.25, 0.3) is 5.91 Å². The van der Waals surface area contributed by atoms with Crippen LogP contribution in [0.4, 0.5) is 0 Å². The van der Waals surface area contributed by atoms with Gasteiger partial charge < -0.3 is 10.1 Å². The molecule has 0 spiro atoms. The second-order valence-electron chi connectivity index (χ2n) is 3.19. The highest BCUT2D eigenvalue weighted by Gasteiger charge is 2.09. The number of rotatable bonds is 7. The van der Waals surface area contributed by atoms with Gasteiger partial charge in [-0.05, 0) is 13.3 Å². The molecule has 0 saturated carbocycles. The van der Waals surface area contributed by atoms with Crippen molar-refractivity contribution in [2.24, 2.45) is 0 Å². The first-order valence-electron chi connectivity index (χ1n) is 5.10. The Morgan fingerprint density at radius 3 is 3.06 bits per heavy atom. The van der Waals surface area contributed by atoms with E-state index in [-0.39, 0.29) is 11.7 Å². The molecule has 2 N–H and O–H groups in total. The van der Waals surface area contributed by atoms with Crippen molar-refractivity contribution in [2.75, 3.05) is 19.8 Å². The number of carbonyl (C=O) groups is 1. The van der Waals surface area contributed by atoms with Gasteiger partial charge in [-0.3, -0.25) is 9.89 Å². The molecule has 1 heterocycles. The molecule has 6 heteroatoms. The molecular weight excluding hydrogens is 208 g/mol. The fourth-order valence-electron chi connectivity index (χ4n) is 1.03. The van der Waals surface area contributed by atoms with Crippen molar-refractivity contribution in [1.29, 1.82) is 0 Å². The molecule has 0 aromatic carbocycles. The second kappa shape index (κ2) is 6.73. The third-order valence-electron chi connectivity index (χ3n) is 1.80. The molecule has 1 rings (SSSR count). The molecular formula is C10H16N4O2. The van der Waals surface area contributed by atoms with Crippen LogP contribution in [0, 0.1) is 6.92 Å². The number of nitrogens with one attached hydrogen (secondary N) is 2. The van der Waals surface area contributed by atoms with Gasteiger partial charge in [-0.1, -0.05) is 6.08 Å². The van der Waals surface area contributed by atoms with Crippen LogP contribution in [0.2, 0.25) is 0 Å². The Bertz CT molecular complexity index is 348. The Hall–Kier alpha value is -1.69. The SMILES string of the molecule is C=CCCOCCNC(=O)c1n[nH]c(C)n1. The van der Waals surface area contributed by atoms with Crippen molar-refractivity contribution in [3.63, 3.8) is 0 Å². The molecule has 0 atom stereocenters. The van der Waals surface area contributed by atoms with Crippen LogP contribution >= 0.6 is 0 Å². The van der Waals surface area contributed by atoms with Crippen LogP contribution in [0.25, 0.3) is 0 Å². The van der Waals surface area contributed by atoms with Gasteiger partial charge in [0.1, 0.15) is 5.82 Å². The predicted molar refractivity (Wildman–Crippen MR) is 59.1 cm³/mol. The lowest BCUT2D eigenvalue weighted by atomic mass is 10.4. The van der Waals surface area contributed by atoms with Crippen molar-refractivity contribution >= 4 is 5.91 Å². The highest BCUT2D eigenvalue weighted by atomic mass is 16.5. The van der Waals surface area contributed by atoms with Crippen molar-refractivity contribution < 1.29 is 9.53 Å². The van der Waals surface area contributed by atoms with Crippen molar-refractivity contribution in [2.45, 2.75) is 13.3 Å². The summed E-state index contributed by atoms with van der Waals surface area (Å²) in [6.45, 7) is 6.86. The van der Waals surface area contributed by atoms with Crippen LogP contribution in [-0.2, 0) is 4.74 Å². The van der Waals surface area contributed by atoms with Crippen LogP contribution in [0.15, 0.2) is 12.7 Å². The Labute approximate surface area is 94.1 Å². The van der Waals surface area contributed by atoms with E-state index in [1.165, 1.54) is 0 Å². The van der Waals surface area contributed by atoms with Crippen LogP contribution in [-0.4, -0.2) is 40.8 Å². The van der Waals surface area contributed by atoms with Gasteiger partial charge in [-0.15, -0.1) is 11.7 Å². The summed E-state index contributed by atoms with van der Waals surface area (Å²) >= 11 is 0. The predicted octanol–water partition coefficient (Wildman–Crippen LogP) is 0.436. The molecule has 0 aliphatic carbocycles. The molecule has 0 saturated heterocycles. The molecule has 1 amide bonds. The van der Waals surface area contributed by atoms with E-state index in [1.54, 1.807) is 13.0 Å². The van der Waals surface area contributed by atoms with Gasteiger partial charge in [0, 0.05) is 6.54 Å². The quantitative estimate of drug-likeness (QED) is 0.520. The summed E-state index contributed by atoms with van der Waals surface area (Å²) in [5, 5.41) is 9.00. The minimum atomic E-state index is -0.295. The van der Waals surface area contributed by atoms with Gasteiger partial charge in [0.05, 0.1) is 13.2 Å². The first-order chi connectivity index (χ1) is 7.74. The molecule has 6 nitrogen and oxygen atoms in total. The number of aromatic nitrogens is 3. The van der Waals surface area contributed by atoms with E-state index in [1.807, 2.05) is 0 Å². The standard InChI is InChI=1S/C10H16N4O2/c1-3-4-6-16-7-5-11-10(15)9-12-8(2)13-14-9/h3H,1,4-7H2,2H3,(H,11,15)(H,12,13,14). The zero-order valence-corrected chi connectivity index (χ0v) is 9.32. The van der Waals surface area contributed by atoms with Crippen molar-refractivity contribution in [1.82, 2.24) is 20.5 Å². The molecule has 16 heavy (non-hydrogen) atoms. The summed E-state index contributed by atoms with van der Waals surface area (Å²) < 4.78 is 5.23. The number of carbonyl (C=O) groups excluding carboxylic acids is 1. The highest BCUT2D eigenvalue weighted by molar-refractivity contribution is 5.90. The van der Waals surface area contributed by atoms with Crippen LogP contribution < -0.4 is 5.32 Å². The van der Waals surface area contributed by atoms with E-state index >= 15 is 0 Å². The largest absolute Gasteiger partial charge is 0.379 e. The Kier molecular flexibility index (Phi) is 5.21. The maximum absolute atomic E-state index is 11.4. The summed E-state index contributed by atoms with van der Waals surface area (Å²) in [7, 11) is 0. The molecule has 0 fully saturated rings. The Morgan fingerprint density at radius 1 is 1.62 bits per heavy atom. The van der Waals surface area contributed by atoms with Crippen molar-refractivity contribution in [3.05, 3.63) is 24.3 Å². The minimum Gasteiger partial charge on any atom is -0.379 e. The number of nitrogens with zero attached hydrogens (tertiary/aromatic N) is 2. The lowest BCUT2D eigenvalue weighted by Crippen LogP contribution is -2.28. The summed E-state index contributed by atoms with van der Waals surface area (Å²) in [6, 6.07) is 0. The van der Waals surface area contributed by atoms with Gasteiger partial charge in [0.15, 0.2) is 0 Å². The van der Waals surface area contributed by atoms with E-state index in [0.29, 0.717) is 25.6 Å². The summed E-state index contributed by atoms with van der Waals surface area (Å²) in [6.07, 6.45) is 2.60. The maximum atomic E-state index is 11.4. The van der Waals surface area contributed by atoms with Gasteiger partial charge >= 0.3 is 0 Å². The van der Waals surface area contributed by atoms with Gasteiger partial charge in [0.2, 0.25) is 5.82 Å². The first-order valence-corrected chi connectivity index (χ1v) is 5.10.